The van der Waals surface area contributed by atoms with Crippen molar-refractivity contribution in [1.82, 2.24) is 0 Å². The van der Waals surface area contributed by atoms with Crippen LogP contribution < -0.4 is 0 Å². The molecule has 3 aliphatic carbocycles. The van der Waals surface area contributed by atoms with Gasteiger partial charge in [-0.3, -0.25) is 14.4 Å². The first-order chi connectivity index (χ1) is 22.7. The summed E-state index contributed by atoms with van der Waals surface area (Å²) >= 11 is 0. The second-order valence-corrected chi connectivity index (χ2v) is 24.8. The van der Waals surface area contributed by atoms with Gasteiger partial charge >= 0.3 is 17.9 Å². The van der Waals surface area contributed by atoms with E-state index in [2.05, 4.69) is 48.5 Å². The van der Waals surface area contributed by atoms with Crippen LogP contribution in [0.15, 0.2) is 12.2 Å². The van der Waals surface area contributed by atoms with Crippen molar-refractivity contribution in [2.45, 2.75) is 154 Å². The van der Waals surface area contributed by atoms with Crippen molar-refractivity contribution in [2.75, 3.05) is 13.7 Å². The third-order valence-electron chi connectivity index (χ3n) is 13.7. The topological polar surface area (TPSA) is 116 Å². The Bertz CT molecular complexity index is 1250. The molecule has 2 aliphatic heterocycles. The van der Waals surface area contributed by atoms with E-state index in [-0.39, 0.29) is 30.5 Å². The van der Waals surface area contributed by atoms with Crippen LogP contribution in [0.2, 0.25) is 36.3 Å². The number of esters is 3. The van der Waals surface area contributed by atoms with Gasteiger partial charge in [0.2, 0.25) is 0 Å². The van der Waals surface area contributed by atoms with Gasteiger partial charge in [-0.2, -0.15) is 0 Å². The van der Waals surface area contributed by atoms with E-state index in [9.17, 15) is 14.4 Å². The zero-order chi connectivity index (χ0) is 35.4. The quantitative estimate of drug-likeness (QED) is 0.0853. The van der Waals surface area contributed by atoms with Crippen molar-refractivity contribution in [3.63, 3.8) is 0 Å². The predicted octanol–water partition coefficient (Wildman–Crippen LogP) is 6.54. The van der Waals surface area contributed by atoms with Crippen LogP contribution in [0.1, 0.15) is 81.6 Å². The van der Waals surface area contributed by atoms with E-state index in [0.29, 0.717) is 19.3 Å². The molecule has 0 aromatic heterocycles. The van der Waals surface area contributed by atoms with Crippen LogP contribution in [0.25, 0.3) is 0 Å². The van der Waals surface area contributed by atoms with Crippen LogP contribution in [0.3, 0.4) is 0 Å². The summed E-state index contributed by atoms with van der Waals surface area (Å²) in [6.07, 6.45) is -1.41. The normalized spacial score (nSPS) is 40.2. The molecule has 5 fully saturated rings. The van der Waals surface area contributed by atoms with Gasteiger partial charge in [0.25, 0.3) is 0 Å². The van der Waals surface area contributed by atoms with Gasteiger partial charge in [-0.05, 0) is 56.0 Å². The van der Waals surface area contributed by atoms with Gasteiger partial charge in [-0.25, -0.2) is 0 Å². The first kappa shape index (κ1) is 37.7. The van der Waals surface area contributed by atoms with Crippen molar-refractivity contribution in [1.29, 1.82) is 0 Å². The number of ether oxygens (including phenoxy) is 5. The van der Waals surface area contributed by atoms with Crippen molar-refractivity contribution >= 4 is 34.5 Å². The van der Waals surface area contributed by atoms with Crippen molar-refractivity contribution in [2.24, 2.45) is 28.6 Å². The lowest BCUT2D eigenvalue weighted by molar-refractivity contribution is -0.266. The molecule has 11 atom stereocenters. The van der Waals surface area contributed by atoms with Crippen LogP contribution in [-0.2, 0) is 46.9 Å². The maximum atomic E-state index is 14.7. The molecule has 12 heteroatoms. The van der Waals surface area contributed by atoms with E-state index in [4.69, 9.17) is 39.1 Å². The highest BCUT2D eigenvalue weighted by molar-refractivity contribution is 6.74. The summed E-state index contributed by atoms with van der Waals surface area (Å²) in [5, 5.41) is 0. The minimum absolute atomic E-state index is 0.0810. The standard InChI is InChI=1S/C36H60O10Si2/c1-12-47(13-2,14-3)45-30-25-19-28(42-24(9)38)36-29-27(44-33(36)39)20-34(10,46-48(15-4,16-5)17-6)31(29)35(36,21-41-23(8)37)22(7)18-26(25)43-32(30)40-11/h25-32H,7,12-21H2,1-6,8-11H3/t25-,26-,27+,28-,29+,30-,31+,32-,34+,35+,36-/m1/s1. The number of carbonyl (C=O) groups is 3. The lowest BCUT2D eigenvalue weighted by Gasteiger charge is -2.69. The van der Waals surface area contributed by atoms with Gasteiger partial charge in [0.05, 0.1) is 17.1 Å². The second-order valence-electron chi connectivity index (χ2n) is 15.3. The summed E-state index contributed by atoms with van der Waals surface area (Å²) in [6.45, 7) is 22.7. The molecular formula is C36H60O10Si2. The zero-order valence-corrected chi connectivity index (χ0v) is 33.0. The fraction of sp³-hybridized carbons (Fsp3) is 0.861. The molecule has 1 spiro atoms. The third kappa shape index (κ3) is 5.32. The fourth-order valence-corrected chi connectivity index (χ4v) is 17.1. The summed E-state index contributed by atoms with van der Waals surface area (Å²) < 4.78 is 45.7. The van der Waals surface area contributed by atoms with Crippen LogP contribution >= 0.6 is 0 Å². The Kier molecular flexibility index (Phi) is 10.6. The molecule has 5 rings (SSSR count). The summed E-state index contributed by atoms with van der Waals surface area (Å²) in [5.41, 5.74) is -2.32. The molecule has 0 aromatic carbocycles. The average Bonchev–Trinajstić information content (AvgIpc) is 3.58. The smallest absolute Gasteiger partial charge is 0.317 e. The van der Waals surface area contributed by atoms with Gasteiger partial charge in [0.1, 0.15) is 30.3 Å². The summed E-state index contributed by atoms with van der Waals surface area (Å²) in [4.78, 5) is 40.3. The van der Waals surface area contributed by atoms with E-state index in [1.807, 2.05) is 0 Å². The zero-order valence-electron chi connectivity index (χ0n) is 31.0. The van der Waals surface area contributed by atoms with Crippen LogP contribution in [0.5, 0.6) is 0 Å². The summed E-state index contributed by atoms with van der Waals surface area (Å²) in [5.74, 6) is -2.11. The lowest BCUT2D eigenvalue weighted by atomic mass is 9.33. The number of methoxy groups -OCH3 is 1. The molecule has 5 aliphatic rings. The van der Waals surface area contributed by atoms with Crippen LogP contribution in [0, 0.1) is 28.6 Å². The first-order valence-electron chi connectivity index (χ1n) is 18.4. The van der Waals surface area contributed by atoms with Gasteiger partial charge < -0.3 is 32.5 Å². The van der Waals surface area contributed by atoms with Crippen molar-refractivity contribution < 1.29 is 46.9 Å². The van der Waals surface area contributed by atoms with E-state index < -0.39 is 75.6 Å². The van der Waals surface area contributed by atoms with Crippen molar-refractivity contribution in [3.05, 3.63) is 12.2 Å². The molecule has 10 nitrogen and oxygen atoms in total. The first-order valence-corrected chi connectivity index (χ1v) is 23.5. The van der Waals surface area contributed by atoms with E-state index in [1.54, 1.807) is 7.11 Å². The molecule has 0 aromatic rings. The second kappa shape index (κ2) is 13.5. The third-order valence-corrected chi connectivity index (χ3v) is 23.1. The highest BCUT2D eigenvalue weighted by Crippen LogP contribution is 2.82. The molecule has 0 bridgehead atoms. The Hall–Kier alpha value is -1.58. The number of rotatable bonds is 14. The fourth-order valence-electron chi connectivity index (χ4n) is 11.1. The average molecular weight is 709 g/mol. The van der Waals surface area contributed by atoms with Crippen LogP contribution in [-0.4, -0.2) is 84.6 Å². The van der Waals surface area contributed by atoms with Crippen LogP contribution in [0.4, 0.5) is 0 Å². The monoisotopic (exact) mass is 708 g/mol. The molecule has 0 unspecified atom stereocenters. The Balaban J connectivity index is 1.69. The Morgan fingerprint density at radius 3 is 2.06 bits per heavy atom. The Morgan fingerprint density at radius 2 is 1.54 bits per heavy atom. The molecular weight excluding hydrogens is 649 g/mol. The highest BCUT2D eigenvalue weighted by Gasteiger charge is 2.91. The highest BCUT2D eigenvalue weighted by atomic mass is 28.4. The summed E-state index contributed by atoms with van der Waals surface area (Å²) in [7, 11) is -2.66. The van der Waals surface area contributed by atoms with E-state index in [1.165, 1.54) is 13.8 Å². The SMILES string of the molecule is C=C1C[C@H]2O[C@@H](OC)[C@H](O[Si](CC)(CC)CC)[C@@H]2C[C@@H](OC(C)=O)[C@]23C(=O)O[C@H]4C[C@](C)(O[Si](CC)(CC)CC)[C@H]([C@H]42)[C@]13COC(C)=O. The van der Waals surface area contributed by atoms with E-state index >= 15 is 0 Å². The minimum atomic E-state index is -2.16. The maximum absolute atomic E-state index is 14.7. The van der Waals surface area contributed by atoms with Gasteiger partial charge in [-0.15, -0.1) is 0 Å². The number of hydrogen-bond donors (Lipinski definition) is 0. The molecule has 0 radical (unpaired) electrons. The molecule has 272 valence electrons. The molecule has 0 N–H and O–H groups in total. The number of carbonyl (C=O) groups excluding carboxylic acids is 3. The molecule has 3 saturated carbocycles. The predicted molar refractivity (Wildman–Crippen MR) is 185 cm³/mol. The van der Waals surface area contributed by atoms with Gasteiger partial charge in [0.15, 0.2) is 22.9 Å². The molecule has 2 heterocycles. The Morgan fingerprint density at radius 1 is 0.938 bits per heavy atom. The van der Waals surface area contributed by atoms with Crippen molar-refractivity contribution in [3.8, 4) is 0 Å². The van der Waals surface area contributed by atoms with Gasteiger partial charge in [-0.1, -0.05) is 53.7 Å². The van der Waals surface area contributed by atoms with Gasteiger partial charge in [0, 0.05) is 45.1 Å². The Labute approximate surface area is 289 Å². The number of hydrogen-bond acceptors (Lipinski definition) is 10. The lowest BCUT2D eigenvalue weighted by Crippen LogP contribution is -2.77. The minimum Gasteiger partial charge on any atom is -0.465 e. The van der Waals surface area contributed by atoms with E-state index in [0.717, 1.165) is 41.8 Å². The molecule has 0 amide bonds. The number of fused-ring (bicyclic) bond motifs is 2. The summed E-state index contributed by atoms with van der Waals surface area (Å²) in [6, 6.07) is 5.75. The molecule has 2 saturated heterocycles. The largest absolute Gasteiger partial charge is 0.465 e. The molecule has 48 heavy (non-hydrogen) atoms. The maximum Gasteiger partial charge on any atom is 0.317 e.